The molecule has 0 saturated heterocycles. The summed E-state index contributed by atoms with van der Waals surface area (Å²) in [5.41, 5.74) is 7.92. The molecular weight excluding hydrogens is 380 g/mol. The van der Waals surface area contributed by atoms with Crippen LogP contribution in [0.4, 0.5) is 0 Å². The van der Waals surface area contributed by atoms with Crippen LogP contribution in [-0.4, -0.2) is 25.9 Å². The Labute approximate surface area is 179 Å². The van der Waals surface area contributed by atoms with Gasteiger partial charge in [0.25, 0.3) is 0 Å². The Kier molecular flexibility index (Phi) is 8.32. The zero-order valence-corrected chi connectivity index (χ0v) is 19.6. The molecule has 0 aliphatic carbocycles. The molecule has 160 valence electrons. The van der Waals surface area contributed by atoms with Crippen LogP contribution in [0.15, 0.2) is 29.4 Å². The molecule has 0 saturated carbocycles. The van der Waals surface area contributed by atoms with E-state index in [-0.39, 0.29) is 16.6 Å². The predicted molar refractivity (Wildman–Crippen MR) is 122 cm³/mol. The highest BCUT2D eigenvalue weighted by Crippen LogP contribution is 2.30. The number of nitrogens with two attached hydrogens (primary N) is 1. The van der Waals surface area contributed by atoms with Gasteiger partial charge in [0.15, 0.2) is 11.0 Å². The monoisotopic (exact) mass is 416 g/mol. The summed E-state index contributed by atoms with van der Waals surface area (Å²) in [7, 11) is 0. The molecule has 0 spiro atoms. The van der Waals surface area contributed by atoms with E-state index in [1.54, 1.807) is 0 Å². The third-order valence-corrected chi connectivity index (χ3v) is 6.30. The van der Waals surface area contributed by atoms with E-state index < -0.39 is 0 Å². The molecule has 1 aromatic heterocycles. The van der Waals surface area contributed by atoms with Crippen molar-refractivity contribution in [1.82, 2.24) is 14.8 Å². The van der Waals surface area contributed by atoms with E-state index in [4.69, 9.17) is 5.73 Å². The predicted octanol–water partition coefficient (Wildman–Crippen LogP) is 5.42. The summed E-state index contributed by atoms with van der Waals surface area (Å²) >= 11 is 1.39. The zero-order valence-electron chi connectivity index (χ0n) is 18.7. The van der Waals surface area contributed by atoms with Gasteiger partial charge in [-0.05, 0) is 30.2 Å². The molecule has 0 aliphatic rings. The number of carbonyl (C=O) groups is 1. The van der Waals surface area contributed by atoms with Gasteiger partial charge in [-0.15, -0.1) is 10.2 Å². The van der Waals surface area contributed by atoms with Crippen molar-refractivity contribution in [2.75, 3.05) is 0 Å². The number of amides is 1. The minimum absolute atomic E-state index is 0.109. The maximum atomic E-state index is 11.6. The highest BCUT2D eigenvalue weighted by molar-refractivity contribution is 8.00. The standard InChI is InChI=1S/C23H36N4OS/c1-7-8-9-10-16(2)15-27-21(25-26-22(27)29-17(3)20(24)28)18-11-13-19(14-12-18)23(4,5)6/h11-14,16-17H,7-10,15H2,1-6H3,(H2,24,28)/t16-,17-/m1/s1. The van der Waals surface area contributed by atoms with Crippen LogP contribution in [0.5, 0.6) is 0 Å². The summed E-state index contributed by atoms with van der Waals surface area (Å²) in [5.74, 6) is 1.02. The molecule has 0 bridgehead atoms. The van der Waals surface area contributed by atoms with Crippen molar-refractivity contribution in [3.8, 4) is 11.4 Å². The third kappa shape index (κ3) is 6.59. The fraction of sp³-hybridized carbons (Fsp3) is 0.609. The van der Waals surface area contributed by atoms with Gasteiger partial charge in [-0.25, -0.2) is 0 Å². The highest BCUT2D eigenvalue weighted by atomic mass is 32.2. The average molecular weight is 417 g/mol. The molecule has 0 radical (unpaired) electrons. The molecule has 2 aromatic rings. The number of aromatic nitrogens is 3. The van der Waals surface area contributed by atoms with Crippen LogP contribution in [0.25, 0.3) is 11.4 Å². The first-order valence-corrected chi connectivity index (χ1v) is 11.5. The number of unbranched alkanes of at least 4 members (excludes halogenated alkanes) is 2. The molecule has 1 amide bonds. The summed E-state index contributed by atoms with van der Waals surface area (Å²) < 4.78 is 2.16. The highest BCUT2D eigenvalue weighted by Gasteiger charge is 2.21. The van der Waals surface area contributed by atoms with Gasteiger partial charge in [-0.3, -0.25) is 4.79 Å². The van der Waals surface area contributed by atoms with Crippen molar-refractivity contribution < 1.29 is 4.79 Å². The van der Waals surface area contributed by atoms with E-state index in [2.05, 4.69) is 73.6 Å². The first-order valence-electron chi connectivity index (χ1n) is 10.6. The number of thioether (sulfide) groups is 1. The quantitative estimate of drug-likeness (QED) is 0.414. The first kappa shape index (κ1) is 23.5. The van der Waals surface area contributed by atoms with Gasteiger partial charge in [0.2, 0.25) is 5.91 Å². The number of hydrogen-bond donors (Lipinski definition) is 1. The lowest BCUT2D eigenvalue weighted by atomic mass is 9.86. The van der Waals surface area contributed by atoms with Gasteiger partial charge in [-0.2, -0.15) is 0 Å². The molecule has 0 aliphatic heterocycles. The molecule has 1 heterocycles. The minimum Gasteiger partial charge on any atom is -0.369 e. The lowest BCUT2D eigenvalue weighted by Gasteiger charge is -2.20. The summed E-state index contributed by atoms with van der Waals surface area (Å²) in [6.45, 7) is 13.8. The molecule has 5 nitrogen and oxygen atoms in total. The number of primary amides is 1. The van der Waals surface area contributed by atoms with Crippen molar-refractivity contribution >= 4 is 17.7 Å². The van der Waals surface area contributed by atoms with E-state index in [9.17, 15) is 4.79 Å². The zero-order chi connectivity index (χ0) is 21.6. The Balaban J connectivity index is 2.33. The Morgan fingerprint density at radius 3 is 2.34 bits per heavy atom. The molecule has 6 heteroatoms. The van der Waals surface area contributed by atoms with Crippen LogP contribution in [-0.2, 0) is 16.8 Å². The molecule has 2 atom stereocenters. The molecule has 2 rings (SSSR count). The summed E-state index contributed by atoms with van der Waals surface area (Å²) in [5, 5.41) is 9.30. The van der Waals surface area contributed by atoms with Gasteiger partial charge in [-0.1, -0.05) is 89.9 Å². The topological polar surface area (TPSA) is 73.8 Å². The summed E-state index contributed by atoms with van der Waals surface area (Å²) in [6.07, 6.45) is 4.88. The summed E-state index contributed by atoms with van der Waals surface area (Å²) in [6, 6.07) is 8.57. The minimum atomic E-state index is -0.343. The van der Waals surface area contributed by atoms with Crippen molar-refractivity contribution in [1.29, 1.82) is 0 Å². The van der Waals surface area contributed by atoms with Gasteiger partial charge in [0, 0.05) is 12.1 Å². The van der Waals surface area contributed by atoms with Crippen LogP contribution in [0.1, 0.15) is 72.8 Å². The molecule has 2 N–H and O–H groups in total. The van der Waals surface area contributed by atoms with Gasteiger partial charge < -0.3 is 10.3 Å². The average Bonchev–Trinajstić information content (AvgIpc) is 3.03. The molecule has 1 aromatic carbocycles. The molecule has 0 unspecified atom stereocenters. The maximum Gasteiger partial charge on any atom is 0.230 e. The van der Waals surface area contributed by atoms with Gasteiger partial charge >= 0.3 is 0 Å². The van der Waals surface area contributed by atoms with Gasteiger partial charge in [0.05, 0.1) is 5.25 Å². The second kappa shape index (κ2) is 10.3. The normalized spacial score (nSPS) is 14.0. The van der Waals surface area contributed by atoms with Crippen molar-refractivity contribution in [2.45, 2.75) is 89.6 Å². The molecular formula is C23H36N4OS. The fourth-order valence-electron chi connectivity index (χ4n) is 3.24. The first-order chi connectivity index (χ1) is 13.6. The van der Waals surface area contributed by atoms with E-state index in [1.165, 1.54) is 43.0 Å². The lowest BCUT2D eigenvalue weighted by Crippen LogP contribution is -2.23. The largest absolute Gasteiger partial charge is 0.369 e. The Morgan fingerprint density at radius 2 is 1.79 bits per heavy atom. The number of hydrogen-bond acceptors (Lipinski definition) is 4. The van der Waals surface area contributed by atoms with Crippen LogP contribution >= 0.6 is 11.8 Å². The number of carbonyl (C=O) groups excluding carboxylic acids is 1. The summed E-state index contributed by atoms with van der Waals surface area (Å²) in [4.78, 5) is 11.6. The Morgan fingerprint density at radius 1 is 1.14 bits per heavy atom. The van der Waals surface area contributed by atoms with Crippen LogP contribution in [0.3, 0.4) is 0 Å². The fourth-order valence-corrected chi connectivity index (χ4v) is 4.04. The molecule has 29 heavy (non-hydrogen) atoms. The number of rotatable bonds is 10. The van der Waals surface area contributed by atoms with Crippen molar-refractivity contribution in [3.05, 3.63) is 29.8 Å². The van der Waals surface area contributed by atoms with Crippen molar-refractivity contribution in [2.24, 2.45) is 11.7 Å². The number of nitrogens with zero attached hydrogens (tertiary/aromatic N) is 3. The van der Waals surface area contributed by atoms with Crippen LogP contribution in [0, 0.1) is 5.92 Å². The van der Waals surface area contributed by atoms with Crippen LogP contribution in [0.2, 0.25) is 0 Å². The van der Waals surface area contributed by atoms with E-state index >= 15 is 0 Å². The maximum absolute atomic E-state index is 11.6. The lowest BCUT2D eigenvalue weighted by molar-refractivity contribution is -0.117. The smallest absolute Gasteiger partial charge is 0.230 e. The van der Waals surface area contributed by atoms with Crippen molar-refractivity contribution in [3.63, 3.8) is 0 Å². The van der Waals surface area contributed by atoms with E-state index in [0.29, 0.717) is 5.92 Å². The molecule has 0 fully saturated rings. The Bertz CT molecular complexity index is 792. The Hall–Kier alpha value is -1.82. The third-order valence-electron chi connectivity index (χ3n) is 5.20. The number of benzene rings is 1. The van der Waals surface area contributed by atoms with Gasteiger partial charge in [0.1, 0.15) is 0 Å². The van der Waals surface area contributed by atoms with E-state index in [0.717, 1.165) is 23.1 Å². The van der Waals surface area contributed by atoms with E-state index in [1.807, 2.05) is 6.92 Å². The SMILES string of the molecule is CCCCC[C@@H](C)Cn1c(S[C@H](C)C(N)=O)nnc1-c1ccc(C(C)(C)C)cc1. The van der Waals surface area contributed by atoms with Crippen LogP contribution < -0.4 is 5.73 Å². The second-order valence-electron chi connectivity index (χ2n) is 9.01. The second-order valence-corrected chi connectivity index (χ2v) is 10.3.